The first-order valence-corrected chi connectivity index (χ1v) is 6.25. The van der Waals surface area contributed by atoms with E-state index in [0.29, 0.717) is 23.0 Å². The highest BCUT2D eigenvalue weighted by Gasteiger charge is 2.06. The van der Waals surface area contributed by atoms with Gasteiger partial charge >= 0.3 is 5.97 Å². The SMILES string of the molecule is O=C(O)CCCCC(=O)Nc1ccc(F)cc1Br. The number of hydrogen-bond acceptors (Lipinski definition) is 2. The van der Waals surface area contributed by atoms with E-state index in [1.165, 1.54) is 18.2 Å². The van der Waals surface area contributed by atoms with Crippen LogP contribution in [0.15, 0.2) is 22.7 Å². The van der Waals surface area contributed by atoms with Crippen molar-refractivity contribution in [3.8, 4) is 0 Å². The Labute approximate surface area is 112 Å². The summed E-state index contributed by atoms with van der Waals surface area (Å²) in [5.41, 5.74) is 0.500. The molecule has 0 aromatic heterocycles. The molecule has 4 nitrogen and oxygen atoms in total. The van der Waals surface area contributed by atoms with Crippen molar-refractivity contribution in [3.63, 3.8) is 0 Å². The van der Waals surface area contributed by atoms with Gasteiger partial charge in [0.2, 0.25) is 5.91 Å². The molecular weight excluding hydrogens is 305 g/mol. The molecule has 98 valence electrons. The molecule has 0 unspecified atom stereocenters. The van der Waals surface area contributed by atoms with Crippen molar-refractivity contribution in [2.75, 3.05) is 5.32 Å². The maximum absolute atomic E-state index is 12.8. The molecular formula is C12H13BrFNO3. The number of anilines is 1. The first kappa shape index (κ1) is 14.6. The number of nitrogens with one attached hydrogen (secondary N) is 1. The monoisotopic (exact) mass is 317 g/mol. The van der Waals surface area contributed by atoms with Crippen LogP contribution in [0.25, 0.3) is 0 Å². The Morgan fingerprint density at radius 2 is 1.94 bits per heavy atom. The first-order chi connectivity index (χ1) is 8.49. The van der Waals surface area contributed by atoms with Crippen molar-refractivity contribution in [1.29, 1.82) is 0 Å². The molecule has 1 aromatic carbocycles. The van der Waals surface area contributed by atoms with Gasteiger partial charge in [0.1, 0.15) is 5.82 Å². The van der Waals surface area contributed by atoms with Crippen LogP contribution in [0.3, 0.4) is 0 Å². The second-order valence-electron chi connectivity index (χ2n) is 3.77. The second-order valence-corrected chi connectivity index (χ2v) is 4.63. The van der Waals surface area contributed by atoms with Gasteiger partial charge in [-0.3, -0.25) is 9.59 Å². The van der Waals surface area contributed by atoms with Crippen LogP contribution in [0.4, 0.5) is 10.1 Å². The minimum absolute atomic E-state index is 0.0630. The van der Waals surface area contributed by atoms with Crippen LogP contribution in [0.2, 0.25) is 0 Å². The summed E-state index contributed by atoms with van der Waals surface area (Å²) in [5, 5.41) is 11.1. The fourth-order valence-corrected chi connectivity index (χ4v) is 1.82. The molecule has 0 fully saturated rings. The number of carboxylic acid groups (broad SMARTS) is 1. The topological polar surface area (TPSA) is 66.4 Å². The number of unbranched alkanes of at least 4 members (excludes halogenated alkanes) is 1. The predicted molar refractivity (Wildman–Crippen MR) is 68.8 cm³/mol. The minimum Gasteiger partial charge on any atom is -0.481 e. The van der Waals surface area contributed by atoms with Crippen molar-refractivity contribution in [2.24, 2.45) is 0 Å². The minimum atomic E-state index is -0.864. The van der Waals surface area contributed by atoms with Crippen molar-refractivity contribution >= 4 is 33.5 Å². The number of benzene rings is 1. The Balaban J connectivity index is 2.38. The van der Waals surface area contributed by atoms with E-state index in [1.807, 2.05) is 0 Å². The molecule has 1 rings (SSSR count). The van der Waals surface area contributed by atoms with E-state index in [0.717, 1.165) is 0 Å². The standard InChI is InChI=1S/C12H13BrFNO3/c13-9-7-8(14)5-6-10(9)15-11(16)3-1-2-4-12(17)18/h5-7H,1-4H2,(H,15,16)(H,17,18). The normalized spacial score (nSPS) is 10.1. The Morgan fingerprint density at radius 1 is 1.28 bits per heavy atom. The van der Waals surface area contributed by atoms with Gasteiger partial charge in [0.15, 0.2) is 0 Å². The van der Waals surface area contributed by atoms with Crippen LogP contribution < -0.4 is 5.32 Å². The average molecular weight is 318 g/mol. The van der Waals surface area contributed by atoms with Gasteiger partial charge in [-0.25, -0.2) is 4.39 Å². The summed E-state index contributed by atoms with van der Waals surface area (Å²) in [6.07, 6.45) is 1.29. The third-order valence-electron chi connectivity index (χ3n) is 2.25. The number of aliphatic carboxylic acids is 1. The van der Waals surface area contributed by atoms with Gasteiger partial charge in [-0.2, -0.15) is 0 Å². The number of carboxylic acids is 1. The molecule has 18 heavy (non-hydrogen) atoms. The van der Waals surface area contributed by atoms with Crippen molar-refractivity contribution in [3.05, 3.63) is 28.5 Å². The number of carbonyl (C=O) groups is 2. The number of carbonyl (C=O) groups excluding carboxylic acids is 1. The molecule has 1 amide bonds. The van der Waals surface area contributed by atoms with Gasteiger partial charge < -0.3 is 10.4 Å². The average Bonchev–Trinajstić information content (AvgIpc) is 2.28. The molecule has 0 saturated heterocycles. The smallest absolute Gasteiger partial charge is 0.303 e. The van der Waals surface area contributed by atoms with Crippen LogP contribution in [0, 0.1) is 5.82 Å². The van der Waals surface area contributed by atoms with E-state index >= 15 is 0 Å². The Bertz CT molecular complexity index is 451. The summed E-state index contributed by atoms with van der Waals surface area (Å²) in [6.45, 7) is 0. The maximum atomic E-state index is 12.8. The van der Waals surface area contributed by atoms with E-state index in [1.54, 1.807) is 0 Å². The molecule has 0 spiro atoms. The zero-order valence-corrected chi connectivity index (χ0v) is 11.2. The summed E-state index contributed by atoms with van der Waals surface area (Å²) in [4.78, 5) is 21.8. The lowest BCUT2D eigenvalue weighted by atomic mass is 10.2. The zero-order valence-electron chi connectivity index (χ0n) is 9.58. The molecule has 0 aliphatic heterocycles. The molecule has 2 N–H and O–H groups in total. The molecule has 0 aliphatic carbocycles. The number of amides is 1. The zero-order chi connectivity index (χ0) is 13.5. The largest absolute Gasteiger partial charge is 0.481 e. The van der Waals surface area contributed by atoms with E-state index in [9.17, 15) is 14.0 Å². The van der Waals surface area contributed by atoms with E-state index in [-0.39, 0.29) is 24.6 Å². The highest BCUT2D eigenvalue weighted by atomic mass is 79.9. The fourth-order valence-electron chi connectivity index (χ4n) is 1.37. The summed E-state index contributed by atoms with van der Waals surface area (Å²) in [6, 6.07) is 3.99. The fraction of sp³-hybridized carbons (Fsp3) is 0.333. The van der Waals surface area contributed by atoms with Gasteiger partial charge in [-0.1, -0.05) is 0 Å². The molecule has 0 heterocycles. The van der Waals surface area contributed by atoms with Crippen LogP contribution >= 0.6 is 15.9 Å². The molecule has 6 heteroatoms. The summed E-state index contributed by atoms with van der Waals surface area (Å²) in [7, 11) is 0. The molecule has 1 aromatic rings. The lowest BCUT2D eigenvalue weighted by Crippen LogP contribution is -2.11. The lowest BCUT2D eigenvalue weighted by Gasteiger charge is -2.07. The van der Waals surface area contributed by atoms with Crippen LogP contribution in [-0.2, 0) is 9.59 Å². The Morgan fingerprint density at radius 3 is 2.56 bits per heavy atom. The first-order valence-electron chi connectivity index (χ1n) is 5.45. The molecule has 0 radical (unpaired) electrons. The third-order valence-corrected chi connectivity index (χ3v) is 2.91. The van der Waals surface area contributed by atoms with Crippen molar-refractivity contribution in [1.82, 2.24) is 0 Å². The highest BCUT2D eigenvalue weighted by Crippen LogP contribution is 2.23. The predicted octanol–water partition coefficient (Wildman–Crippen LogP) is 3.17. The van der Waals surface area contributed by atoms with Crippen molar-refractivity contribution < 1.29 is 19.1 Å². The Kier molecular flexibility index (Phi) is 5.77. The molecule has 0 saturated carbocycles. The van der Waals surface area contributed by atoms with Crippen LogP contribution in [0.1, 0.15) is 25.7 Å². The molecule has 0 aliphatic rings. The number of rotatable bonds is 6. The van der Waals surface area contributed by atoms with Crippen LogP contribution in [0.5, 0.6) is 0 Å². The van der Waals surface area contributed by atoms with Gasteiger partial charge in [0.25, 0.3) is 0 Å². The highest BCUT2D eigenvalue weighted by molar-refractivity contribution is 9.10. The van der Waals surface area contributed by atoms with Gasteiger partial charge in [0, 0.05) is 17.3 Å². The summed E-state index contributed by atoms with van der Waals surface area (Å²) < 4.78 is 13.3. The third kappa shape index (κ3) is 5.27. The van der Waals surface area contributed by atoms with Gasteiger partial charge in [0.05, 0.1) is 5.69 Å². The molecule has 0 atom stereocenters. The van der Waals surface area contributed by atoms with Gasteiger partial charge in [-0.05, 0) is 47.0 Å². The Hall–Kier alpha value is -1.43. The van der Waals surface area contributed by atoms with Crippen molar-refractivity contribution in [2.45, 2.75) is 25.7 Å². The molecule has 0 bridgehead atoms. The number of hydrogen-bond donors (Lipinski definition) is 2. The van der Waals surface area contributed by atoms with E-state index in [4.69, 9.17) is 5.11 Å². The van der Waals surface area contributed by atoms with Crippen LogP contribution in [-0.4, -0.2) is 17.0 Å². The van der Waals surface area contributed by atoms with E-state index in [2.05, 4.69) is 21.2 Å². The lowest BCUT2D eigenvalue weighted by molar-refractivity contribution is -0.137. The summed E-state index contributed by atoms with van der Waals surface area (Å²) in [5.74, 6) is -1.47. The summed E-state index contributed by atoms with van der Waals surface area (Å²) >= 11 is 3.14. The van der Waals surface area contributed by atoms with Gasteiger partial charge in [-0.15, -0.1) is 0 Å². The second kappa shape index (κ2) is 7.10. The van der Waals surface area contributed by atoms with E-state index < -0.39 is 5.97 Å². The number of halogens is 2. The quantitative estimate of drug-likeness (QED) is 0.792. The maximum Gasteiger partial charge on any atom is 0.303 e.